The molecule has 206 valence electrons. The van der Waals surface area contributed by atoms with E-state index >= 15 is 0 Å². The molecule has 0 spiro atoms. The minimum atomic E-state index is 0.779. The summed E-state index contributed by atoms with van der Waals surface area (Å²) in [5.41, 5.74) is 2.68. The van der Waals surface area contributed by atoms with Crippen molar-refractivity contribution in [2.24, 2.45) is 4.99 Å². The highest BCUT2D eigenvalue weighted by Crippen LogP contribution is 2.22. The van der Waals surface area contributed by atoms with Crippen LogP contribution in [0.25, 0.3) is 10.9 Å². The van der Waals surface area contributed by atoms with E-state index in [0.717, 1.165) is 59.8 Å². The van der Waals surface area contributed by atoms with Gasteiger partial charge in [0.25, 0.3) is 0 Å². The van der Waals surface area contributed by atoms with Gasteiger partial charge in [-0.15, -0.1) is 0 Å². The fourth-order valence-electron chi connectivity index (χ4n) is 4.55. The number of nitrogens with zero attached hydrogens (tertiary/aromatic N) is 2. The lowest BCUT2D eigenvalue weighted by Crippen LogP contribution is -1.97. The zero-order valence-electron chi connectivity index (χ0n) is 23.8. The third-order valence-corrected chi connectivity index (χ3v) is 6.90. The number of fused-ring (bicyclic) bond motifs is 1. The molecule has 0 radical (unpaired) electrons. The van der Waals surface area contributed by atoms with Crippen LogP contribution in [0, 0.1) is 0 Å². The number of hydrogen-bond acceptors (Lipinski definition) is 4. The van der Waals surface area contributed by atoms with E-state index in [0.29, 0.717) is 0 Å². The molecule has 38 heavy (non-hydrogen) atoms. The van der Waals surface area contributed by atoms with Gasteiger partial charge >= 0.3 is 0 Å². The quantitative estimate of drug-likeness (QED) is 0.111. The third-order valence-electron chi connectivity index (χ3n) is 6.90. The summed E-state index contributed by atoms with van der Waals surface area (Å²) in [6, 6.07) is 18.2. The largest absolute Gasteiger partial charge is 0.494 e. The summed E-state index contributed by atoms with van der Waals surface area (Å²) in [6.45, 7) is 6.07. The highest BCUT2D eigenvalue weighted by molar-refractivity contribution is 5.86. The molecular weight excluding hydrogens is 468 g/mol. The Morgan fingerprint density at radius 3 is 1.79 bits per heavy atom. The van der Waals surface area contributed by atoms with E-state index in [9.17, 15) is 0 Å². The predicted molar refractivity (Wildman–Crippen MR) is 162 cm³/mol. The van der Waals surface area contributed by atoms with Crippen molar-refractivity contribution in [3.05, 3.63) is 60.3 Å². The Hall–Kier alpha value is -2.88. The molecule has 3 aromatic rings. The Labute approximate surface area is 230 Å². The topological polar surface area (TPSA) is 43.7 Å². The van der Waals surface area contributed by atoms with E-state index < -0.39 is 0 Å². The first-order valence-corrected chi connectivity index (χ1v) is 15.1. The molecule has 0 unspecified atom stereocenters. The summed E-state index contributed by atoms with van der Waals surface area (Å²) in [7, 11) is 0. The van der Waals surface area contributed by atoms with Crippen molar-refractivity contribution in [2.45, 2.75) is 104 Å². The van der Waals surface area contributed by atoms with Crippen LogP contribution in [0.2, 0.25) is 0 Å². The SMILES string of the molecule is CCCCCCCCCCOc1ccc2nc(C=Nc3ccc(OCCCCCCCC)cc3)ccc2c1. The molecule has 0 saturated heterocycles. The van der Waals surface area contributed by atoms with Gasteiger partial charge < -0.3 is 9.47 Å². The van der Waals surface area contributed by atoms with E-state index in [1.807, 2.05) is 48.7 Å². The number of rotatable bonds is 20. The van der Waals surface area contributed by atoms with Gasteiger partial charge in [0.15, 0.2) is 0 Å². The standard InChI is InChI=1S/C34H48N2O2/c1-3-5-7-9-11-12-14-16-26-38-33-23-24-34-29(27-33)17-18-31(36-34)28-35-30-19-21-32(22-20-30)37-25-15-13-10-8-6-4-2/h17-24,27-28H,3-16,25-26H2,1-2H3. The normalized spacial score (nSPS) is 11.4. The lowest BCUT2D eigenvalue weighted by atomic mass is 10.1. The maximum absolute atomic E-state index is 5.99. The summed E-state index contributed by atoms with van der Waals surface area (Å²) >= 11 is 0. The summed E-state index contributed by atoms with van der Waals surface area (Å²) in [4.78, 5) is 9.35. The predicted octanol–water partition coefficient (Wildman–Crippen LogP) is 10.2. The molecule has 0 amide bonds. The average molecular weight is 517 g/mol. The van der Waals surface area contributed by atoms with Gasteiger partial charge in [0, 0.05) is 5.39 Å². The molecule has 4 nitrogen and oxygen atoms in total. The van der Waals surface area contributed by atoms with Gasteiger partial charge in [0.2, 0.25) is 0 Å². The highest BCUT2D eigenvalue weighted by atomic mass is 16.5. The number of hydrogen-bond donors (Lipinski definition) is 0. The Morgan fingerprint density at radius 2 is 1.16 bits per heavy atom. The molecule has 0 N–H and O–H groups in total. The van der Waals surface area contributed by atoms with Gasteiger partial charge in [-0.3, -0.25) is 4.99 Å². The van der Waals surface area contributed by atoms with Gasteiger partial charge in [0.05, 0.1) is 36.3 Å². The molecule has 0 aliphatic rings. The second kappa shape index (κ2) is 18.4. The summed E-state index contributed by atoms with van der Waals surface area (Å²) < 4.78 is 11.9. The van der Waals surface area contributed by atoms with Crippen molar-refractivity contribution in [1.29, 1.82) is 0 Å². The monoisotopic (exact) mass is 516 g/mol. The highest BCUT2D eigenvalue weighted by Gasteiger charge is 2.01. The van der Waals surface area contributed by atoms with E-state index in [1.165, 1.54) is 77.0 Å². The fourth-order valence-corrected chi connectivity index (χ4v) is 4.55. The Bertz CT molecular complexity index is 1060. The minimum absolute atomic E-state index is 0.779. The summed E-state index contributed by atoms with van der Waals surface area (Å²) in [5.74, 6) is 1.82. The maximum atomic E-state index is 5.99. The van der Waals surface area contributed by atoms with Crippen molar-refractivity contribution in [3.63, 3.8) is 0 Å². The number of benzene rings is 2. The second-order valence-corrected chi connectivity index (χ2v) is 10.3. The Balaban J connectivity index is 1.38. The molecule has 2 aromatic carbocycles. The van der Waals surface area contributed by atoms with Gasteiger partial charge in [-0.05, 0) is 61.4 Å². The van der Waals surface area contributed by atoms with E-state index in [-0.39, 0.29) is 0 Å². The van der Waals surface area contributed by atoms with Crippen molar-refractivity contribution < 1.29 is 9.47 Å². The van der Waals surface area contributed by atoms with Gasteiger partial charge in [-0.1, -0.05) is 97.0 Å². The van der Waals surface area contributed by atoms with Crippen LogP contribution < -0.4 is 9.47 Å². The summed E-state index contributed by atoms with van der Waals surface area (Å²) in [6.07, 6.45) is 19.9. The number of pyridine rings is 1. The molecule has 1 heterocycles. The zero-order valence-corrected chi connectivity index (χ0v) is 23.8. The smallest absolute Gasteiger partial charge is 0.120 e. The van der Waals surface area contributed by atoms with Gasteiger partial charge in [-0.25, -0.2) is 4.98 Å². The number of aliphatic imine (C=N–C) groups is 1. The Morgan fingerprint density at radius 1 is 0.605 bits per heavy atom. The van der Waals surface area contributed by atoms with Crippen LogP contribution in [0.3, 0.4) is 0 Å². The molecule has 0 bridgehead atoms. The molecular formula is C34H48N2O2. The summed E-state index contributed by atoms with van der Waals surface area (Å²) in [5, 5.41) is 1.09. The van der Waals surface area contributed by atoms with Crippen molar-refractivity contribution in [3.8, 4) is 11.5 Å². The molecule has 0 fully saturated rings. The van der Waals surface area contributed by atoms with Gasteiger partial charge in [0.1, 0.15) is 11.5 Å². The fraction of sp³-hybridized carbons (Fsp3) is 0.529. The molecule has 0 aliphatic carbocycles. The molecule has 0 aliphatic heterocycles. The number of ether oxygens (including phenoxy) is 2. The lowest BCUT2D eigenvalue weighted by Gasteiger charge is -2.08. The van der Waals surface area contributed by atoms with Crippen molar-refractivity contribution >= 4 is 22.8 Å². The van der Waals surface area contributed by atoms with E-state index in [4.69, 9.17) is 14.5 Å². The van der Waals surface area contributed by atoms with Crippen LogP contribution >= 0.6 is 0 Å². The van der Waals surface area contributed by atoms with Crippen molar-refractivity contribution in [2.75, 3.05) is 13.2 Å². The maximum Gasteiger partial charge on any atom is 0.120 e. The van der Waals surface area contributed by atoms with Crippen LogP contribution in [0.1, 0.15) is 109 Å². The van der Waals surface area contributed by atoms with Crippen LogP contribution in [0.15, 0.2) is 59.6 Å². The molecule has 4 heteroatoms. The number of aromatic nitrogens is 1. The second-order valence-electron chi connectivity index (χ2n) is 10.3. The third kappa shape index (κ3) is 11.7. The Kier molecular flexibility index (Phi) is 14.4. The molecule has 1 aromatic heterocycles. The van der Waals surface area contributed by atoms with Crippen molar-refractivity contribution in [1.82, 2.24) is 4.98 Å². The van der Waals surface area contributed by atoms with Crippen LogP contribution in [0.5, 0.6) is 11.5 Å². The van der Waals surface area contributed by atoms with Crippen LogP contribution in [0.4, 0.5) is 5.69 Å². The first-order valence-electron chi connectivity index (χ1n) is 15.1. The first kappa shape index (κ1) is 29.7. The van der Waals surface area contributed by atoms with Gasteiger partial charge in [-0.2, -0.15) is 0 Å². The average Bonchev–Trinajstić information content (AvgIpc) is 2.95. The first-order chi connectivity index (χ1) is 18.8. The lowest BCUT2D eigenvalue weighted by molar-refractivity contribution is 0.304. The zero-order chi connectivity index (χ0) is 26.7. The molecule has 3 rings (SSSR count). The van der Waals surface area contributed by atoms with E-state index in [1.54, 1.807) is 0 Å². The van der Waals surface area contributed by atoms with Crippen LogP contribution in [-0.4, -0.2) is 24.4 Å². The van der Waals surface area contributed by atoms with E-state index in [2.05, 4.69) is 31.0 Å². The van der Waals surface area contributed by atoms with Crippen LogP contribution in [-0.2, 0) is 0 Å². The minimum Gasteiger partial charge on any atom is -0.494 e. The molecule has 0 atom stereocenters. The molecule has 0 saturated carbocycles. The number of unbranched alkanes of at least 4 members (excludes halogenated alkanes) is 12.